The first kappa shape index (κ1) is 20.8. The van der Waals surface area contributed by atoms with Gasteiger partial charge in [-0.05, 0) is 48.7 Å². The summed E-state index contributed by atoms with van der Waals surface area (Å²) in [6.45, 7) is 0. The fourth-order valence-electron chi connectivity index (χ4n) is 3.44. The zero-order valence-electron chi connectivity index (χ0n) is 17.5. The average Bonchev–Trinajstić information content (AvgIpc) is 2.83. The molecule has 0 atom stereocenters. The highest BCUT2D eigenvalue weighted by Crippen LogP contribution is 2.33. The predicted octanol–water partition coefficient (Wildman–Crippen LogP) is 5.89. The monoisotopic (exact) mass is 430 g/mol. The van der Waals surface area contributed by atoms with Crippen LogP contribution >= 0.6 is 11.8 Å². The maximum absolute atomic E-state index is 13.3. The number of anilines is 1. The van der Waals surface area contributed by atoms with Gasteiger partial charge in [0.25, 0.3) is 5.91 Å². The SMILES string of the molecule is COc1ccc(-c2cc(C(=O)Nc3ccccc3SC)c3ccccc3n2)cc1OC. The Balaban J connectivity index is 1.81. The zero-order valence-corrected chi connectivity index (χ0v) is 18.3. The van der Waals surface area contributed by atoms with E-state index in [9.17, 15) is 4.79 Å². The van der Waals surface area contributed by atoms with E-state index in [0.29, 0.717) is 22.8 Å². The van der Waals surface area contributed by atoms with E-state index in [2.05, 4.69) is 5.32 Å². The third-order valence-electron chi connectivity index (χ3n) is 5.00. The number of fused-ring (bicyclic) bond motifs is 1. The van der Waals surface area contributed by atoms with E-state index < -0.39 is 0 Å². The van der Waals surface area contributed by atoms with E-state index in [-0.39, 0.29) is 5.91 Å². The van der Waals surface area contributed by atoms with Crippen LogP contribution in [0.15, 0.2) is 77.7 Å². The van der Waals surface area contributed by atoms with Crippen molar-refractivity contribution in [2.24, 2.45) is 0 Å². The number of methoxy groups -OCH3 is 2. The van der Waals surface area contributed by atoms with E-state index in [1.165, 1.54) is 0 Å². The summed E-state index contributed by atoms with van der Waals surface area (Å²) < 4.78 is 10.8. The lowest BCUT2D eigenvalue weighted by molar-refractivity contribution is 0.102. The number of rotatable bonds is 6. The molecule has 0 saturated carbocycles. The summed E-state index contributed by atoms with van der Waals surface area (Å²) >= 11 is 1.59. The number of hydrogen-bond donors (Lipinski definition) is 1. The molecule has 1 amide bonds. The number of amides is 1. The number of ether oxygens (including phenoxy) is 2. The van der Waals surface area contributed by atoms with E-state index in [0.717, 1.165) is 27.0 Å². The molecule has 0 fully saturated rings. The number of para-hydroxylation sites is 2. The van der Waals surface area contributed by atoms with Crippen LogP contribution in [0.1, 0.15) is 10.4 Å². The molecule has 3 aromatic carbocycles. The van der Waals surface area contributed by atoms with Gasteiger partial charge >= 0.3 is 0 Å². The summed E-state index contributed by atoms with van der Waals surface area (Å²) in [6, 6.07) is 22.8. The minimum atomic E-state index is -0.179. The highest BCUT2D eigenvalue weighted by Gasteiger charge is 2.16. The third-order valence-corrected chi connectivity index (χ3v) is 5.79. The summed E-state index contributed by atoms with van der Waals surface area (Å²) in [4.78, 5) is 19.1. The van der Waals surface area contributed by atoms with Crippen molar-refractivity contribution < 1.29 is 14.3 Å². The van der Waals surface area contributed by atoms with Crippen LogP contribution in [0, 0.1) is 0 Å². The average molecular weight is 431 g/mol. The van der Waals surface area contributed by atoms with Crippen LogP contribution in [0.2, 0.25) is 0 Å². The third kappa shape index (κ3) is 4.20. The summed E-state index contributed by atoms with van der Waals surface area (Å²) in [5, 5.41) is 3.85. The van der Waals surface area contributed by atoms with Gasteiger partial charge in [0.05, 0.1) is 36.7 Å². The summed E-state index contributed by atoms with van der Waals surface area (Å²) in [5.41, 5.74) is 3.61. The van der Waals surface area contributed by atoms with Gasteiger partial charge in [-0.15, -0.1) is 11.8 Å². The Bertz CT molecular complexity index is 1260. The van der Waals surface area contributed by atoms with Crippen LogP contribution in [0.4, 0.5) is 5.69 Å². The highest BCUT2D eigenvalue weighted by molar-refractivity contribution is 7.98. The van der Waals surface area contributed by atoms with E-state index in [4.69, 9.17) is 14.5 Å². The Hall–Kier alpha value is -3.51. The van der Waals surface area contributed by atoms with Crippen LogP contribution in [0.25, 0.3) is 22.2 Å². The van der Waals surface area contributed by atoms with Crippen LogP contribution in [-0.4, -0.2) is 31.4 Å². The molecule has 5 nitrogen and oxygen atoms in total. The Kier molecular flexibility index (Phi) is 6.09. The Morgan fingerprint density at radius 3 is 2.42 bits per heavy atom. The van der Waals surface area contributed by atoms with Gasteiger partial charge in [0.2, 0.25) is 0 Å². The van der Waals surface area contributed by atoms with Gasteiger partial charge in [0.1, 0.15) is 0 Å². The van der Waals surface area contributed by atoms with Crippen LogP contribution in [0.5, 0.6) is 11.5 Å². The maximum atomic E-state index is 13.3. The van der Waals surface area contributed by atoms with Gasteiger partial charge < -0.3 is 14.8 Å². The number of aromatic nitrogens is 1. The molecule has 1 aromatic heterocycles. The molecular formula is C25H22N2O3S. The number of carbonyl (C=O) groups excluding carboxylic acids is 1. The Labute approximate surface area is 185 Å². The maximum Gasteiger partial charge on any atom is 0.256 e. The van der Waals surface area contributed by atoms with Crippen LogP contribution < -0.4 is 14.8 Å². The van der Waals surface area contributed by atoms with Gasteiger partial charge in [0.15, 0.2) is 11.5 Å². The lowest BCUT2D eigenvalue weighted by Crippen LogP contribution is -2.13. The predicted molar refractivity (Wildman–Crippen MR) is 126 cm³/mol. The molecule has 1 N–H and O–H groups in total. The van der Waals surface area contributed by atoms with Crippen molar-refractivity contribution in [2.45, 2.75) is 4.90 Å². The molecule has 1 heterocycles. The minimum Gasteiger partial charge on any atom is -0.493 e. The van der Waals surface area contributed by atoms with Crippen molar-refractivity contribution in [3.63, 3.8) is 0 Å². The Morgan fingerprint density at radius 2 is 1.65 bits per heavy atom. The summed E-state index contributed by atoms with van der Waals surface area (Å²) in [5.74, 6) is 1.07. The molecule has 0 saturated heterocycles. The smallest absolute Gasteiger partial charge is 0.256 e. The van der Waals surface area contributed by atoms with Crippen molar-refractivity contribution in [3.8, 4) is 22.8 Å². The molecule has 0 bridgehead atoms. The molecular weight excluding hydrogens is 408 g/mol. The van der Waals surface area contributed by atoms with Crippen molar-refractivity contribution >= 4 is 34.3 Å². The fourth-order valence-corrected chi connectivity index (χ4v) is 4.00. The van der Waals surface area contributed by atoms with Gasteiger partial charge in [-0.25, -0.2) is 4.98 Å². The molecule has 0 spiro atoms. The second kappa shape index (κ2) is 9.10. The molecule has 0 aliphatic carbocycles. The summed E-state index contributed by atoms with van der Waals surface area (Å²) in [6.07, 6.45) is 1.99. The molecule has 6 heteroatoms. The Morgan fingerprint density at radius 1 is 0.903 bits per heavy atom. The normalized spacial score (nSPS) is 10.7. The first-order chi connectivity index (χ1) is 15.1. The molecule has 0 aliphatic heterocycles. The van der Waals surface area contributed by atoms with Crippen molar-refractivity contribution in [3.05, 3.63) is 78.4 Å². The zero-order chi connectivity index (χ0) is 21.8. The number of benzene rings is 3. The van der Waals surface area contributed by atoms with Crippen LogP contribution in [0.3, 0.4) is 0 Å². The fraction of sp³-hybridized carbons (Fsp3) is 0.120. The first-order valence-electron chi connectivity index (χ1n) is 9.71. The number of carbonyl (C=O) groups is 1. The molecule has 0 aliphatic rings. The standard InChI is InChI=1S/C25H22N2O3S/c1-29-22-13-12-16(14-23(22)30-2)21-15-18(17-8-4-5-9-19(17)26-21)25(28)27-20-10-6-7-11-24(20)31-3/h4-15H,1-3H3,(H,27,28). The van der Waals surface area contributed by atoms with Gasteiger partial charge in [-0.2, -0.15) is 0 Å². The van der Waals surface area contributed by atoms with Crippen LogP contribution in [-0.2, 0) is 0 Å². The molecule has 4 aromatic rings. The highest BCUT2D eigenvalue weighted by atomic mass is 32.2. The molecule has 0 radical (unpaired) electrons. The van der Waals surface area contributed by atoms with Crippen molar-refractivity contribution in [1.82, 2.24) is 4.98 Å². The minimum absolute atomic E-state index is 0.179. The summed E-state index contributed by atoms with van der Waals surface area (Å²) in [7, 11) is 3.19. The number of nitrogens with zero attached hydrogens (tertiary/aromatic N) is 1. The molecule has 4 rings (SSSR count). The van der Waals surface area contributed by atoms with Gasteiger partial charge in [-0.3, -0.25) is 4.79 Å². The van der Waals surface area contributed by atoms with Gasteiger partial charge in [-0.1, -0.05) is 30.3 Å². The number of nitrogens with one attached hydrogen (secondary N) is 1. The van der Waals surface area contributed by atoms with Crippen molar-refractivity contribution in [1.29, 1.82) is 0 Å². The first-order valence-corrected chi connectivity index (χ1v) is 10.9. The second-order valence-corrected chi connectivity index (χ2v) is 7.64. The number of hydrogen-bond acceptors (Lipinski definition) is 5. The largest absolute Gasteiger partial charge is 0.493 e. The topological polar surface area (TPSA) is 60.5 Å². The molecule has 156 valence electrons. The number of thioether (sulfide) groups is 1. The lowest BCUT2D eigenvalue weighted by atomic mass is 10.0. The van der Waals surface area contributed by atoms with E-state index >= 15 is 0 Å². The van der Waals surface area contributed by atoms with Gasteiger partial charge in [0, 0.05) is 15.8 Å². The second-order valence-electron chi connectivity index (χ2n) is 6.80. The quantitative estimate of drug-likeness (QED) is 0.386. The lowest BCUT2D eigenvalue weighted by Gasteiger charge is -2.13. The molecule has 0 unspecified atom stereocenters. The number of pyridine rings is 1. The van der Waals surface area contributed by atoms with Crippen molar-refractivity contribution in [2.75, 3.05) is 25.8 Å². The molecule has 31 heavy (non-hydrogen) atoms. The van der Waals surface area contributed by atoms with E-state index in [1.807, 2.05) is 79.1 Å². The van der Waals surface area contributed by atoms with E-state index in [1.54, 1.807) is 26.0 Å².